The minimum atomic E-state index is -0.562. The van der Waals surface area contributed by atoms with Crippen LogP contribution in [0.15, 0.2) is 90.1 Å². The monoisotopic (exact) mass is 464 g/mol. The van der Waals surface area contributed by atoms with Gasteiger partial charge >= 0.3 is 0 Å². The molecule has 3 heterocycles. The van der Waals surface area contributed by atoms with Crippen LogP contribution in [0.3, 0.4) is 0 Å². The number of nitrogens with zero attached hydrogens (tertiary/aromatic N) is 4. The van der Waals surface area contributed by atoms with Crippen LogP contribution in [0.5, 0.6) is 0 Å². The Labute approximate surface area is 202 Å². The third-order valence-corrected chi connectivity index (χ3v) is 7.41. The zero-order valence-electron chi connectivity index (χ0n) is 19.1. The molecule has 0 saturated carbocycles. The Kier molecular flexibility index (Phi) is 4.92. The largest absolute Gasteiger partial charge is 0.339 e. The number of carbonyl (C=O) groups is 1. The summed E-state index contributed by atoms with van der Waals surface area (Å²) in [7, 11) is 1.98. The first-order valence-electron chi connectivity index (χ1n) is 11.3. The van der Waals surface area contributed by atoms with Crippen molar-refractivity contribution in [3.63, 3.8) is 0 Å². The van der Waals surface area contributed by atoms with Crippen molar-refractivity contribution >= 4 is 28.6 Å². The van der Waals surface area contributed by atoms with Crippen molar-refractivity contribution in [1.82, 2.24) is 19.3 Å². The lowest BCUT2D eigenvalue weighted by atomic mass is 9.68. The maximum absolute atomic E-state index is 13.9. The van der Waals surface area contributed by atoms with Crippen LogP contribution in [0.4, 0.5) is 0 Å². The van der Waals surface area contributed by atoms with Crippen LogP contribution in [0, 0.1) is 0 Å². The summed E-state index contributed by atoms with van der Waals surface area (Å²) >= 11 is 1.46. The van der Waals surface area contributed by atoms with E-state index in [1.165, 1.54) is 22.9 Å². The van der Waals surface area contributed by atoms with E-state index < -0.39 is 5.41 Å². The molecule has 3 aromatic carbocycles. The van der Waals surface area contributed by atoms with Gasteiger partial charge < -0.3 is 4.57 Å². The fourth-order valence-electron chi connectivity index (χ4n) is 5.46. The number of benzene rings is 3. The Morgan fingerprint density at radius 1 is 0.853 bits per heavy atom. The minimum absolute atomic E-state index is 0.117. The molecule has 6 heteroatoms. The first-order chi connectivity index (χ1) is 16.6. The second-order valence-corrected chi connectivity index (χ2v) is 9.62. The second kappa shape index (κ2) is 7.99. The van der Waals surface area contributed by atoms with Crippen LogP contribution in [0.2, 0.25) is 0 Å². The van der Waals surface area contributed by atoms with Crippen LogP contribution >= 0.6 is 11.8 Å². The molecule has 34 heavy (non-hydrogen) atoms. The average Bonchev–Trinajstić information content (AvgIpc) is 3.45. The molecule has 0 fully saturated rings. The fraction of sp³-hybridized carbons (Fsp3) is 0.179. The Morgan fingerprint density at radius 2 is 1.44 bits per heavy atom. The highest BCUT2D eigenvalue weighted by Gasteiger charge is 2.49. The third kappa shape index (κ3) is 3.06. The van der Waals surface area contributed by atoms with Crippen molar-refractivity contribution in [2.75, 3.05) is 6.26 Å². The van der Waals surface area contributed by atoms with E-state index in [0.29, 0.717) is 23.7 Å². The van der Waals surface area contributed by atoms with Gasteiger partial charge in [0, 0.05) is 23.5 Å². The average molecular weight is 465 g/mol. The van der Waals surface area contributed by atoms with Crippen molar-refractivity contribution in [2.24, 2.45) is 7.05 Å². The standard InChI is InChI=1S/C28H24N4OS/c1-31-22-16-10-9-15-21(22)23-24(31)25(33)32-26(29-27(30-32)34-2)28(23,17-19-11-5-3-6-12-19)18-20-13-7-4-8-14-20/h3-16H,17-18H2,1-2H3. The lowest BCUT2D eigenvalue weighted by Gasteiger charge is -2.37. The number of rotatable bonds is 5. The van der Waals surface area contributed by atoms with Gasteiger partial charge in [0.25, 0.3) is 5.91 Å². The first kappa shape index (κ1) is 20.9. The number of aryl methyl sites for hydroxylation is 1. The maximum atomic E-state index is 13.9. The summed E-state index contributed by atoms with van der Waals surface area (Å²) < 4.78 is 3.58. The number of carbonyl (C=O) groups excluding carboxylic acids is 1. The highest BCUT2D eigenvalue weighted by atomic mass is 32.2. The smallest absolute Gasteiger partial charge is 0.296 e. The molecule has 0 N–H and O–H groups in total. The molecule has 5 nitrogen and oxygen atoms in total. The molecule has 0 atom stereocenters. The van der Waals surface area contributed by atoms with Gasteiger partial charge in [-0.05, 0) is 36.3 Å². The summed E-state index contributed by atoms with van der Waals surface area (Å²) in [5.41, 5.74) is 4.63. The van der Waals surface area contributed by atoms with E-state index >= 15 is 0 Å². The minimum Gasteiger partial charge on any atom is -0.339 e. The van der Waals surface area contributed by atoms with Crippen molar-refractivity contribution in [1.29, 1.82) is 0 Å². The molecular formula is C28H24N4OS. The molecule has 6 rings (SSSR count). The van der Waals surface area contributed by atoms with E-state index in [2.05, 4.69) is 71.8 Å². The van der Waals surface area contributed by atoms with Gasteiger partial charge in [-0.1, -0.05) is 90.6 Å². The molecule has 0 unspecified atom stereocenters. The molecule has 0 amide bonds. The predicted molar refractivity (Wildman–Crippen MR) is 136 cm³/mol. The molecule has 0 bridgehead atoms. The molecule has 0 radical (unpaired) electrons. The summed E-state index contributed by atoms with van der Waals surface area (Å²) in [4.78, 5) is 18.8. The van der Waals surface area contributed by atoms with Gasteiger partial charge in [0.15, 0.2) is 0 Å². The van der Waals surface area contributed by atoms with Crippen LogP contribution in [-0.4, -0.2) is 31.5 Å². The van der Waals surface area contributed by atoms with Crippen molar-refractivity contribution in [3.05, 3.63) is 113 Å². The fourth-order valence-corrected chi connectivity index (χ4v) is 5.80. The molecule has 2 aromatic heterocycles. The number of fused-ring (bicyclic) bond motifs is 4. The van der Waals surface area contributed by atoms with Gasteiger partial charge in [0.1, 0.15) is 11.5 Å². The molecule has 0 saturated heterocycles. The van der Waals surface area contributed by atoms with E-state index in [1.807, 2.05) is 36.1 Å². The van der Waals surface area contributed by atoms with E-state index in [1.54, 1.807) is 4.68 Å². The van der Waals surface area contributed by atoms with Gasteiger partial charge in [0.05, 0.1) is 5.41 Å². The molecule has 5 aromatic rings. The van der Waals surface area contributed by atoms with Gasteiger partial charge in [-0.2, -0.15) is 4.68 Å². The molecule has 1 aliphatic rings. The molecule has 0 spiro atoms. The summed E-state index contributed by atoms with van der Waals surface area (Å²) in [6.45, 7) is 0. The normalized spacial score (nSPS) is 14.2. The number of aromatic nitrogens is 4. The molecule has 168 valence electrons. The summed E-state index contributed by atoms with van der Waals surface area (Å²) in [6.07, 6.45) is 3.37. The topological polar surface area (TPSA) is 52.7 Å². The number of hydrogen-bond donors (Lipinski definition) is 0. The maximum Gasteiger partial charge on any atom is 0.296 e. The van der Waals surface area contributed by atoms with Crippen molar-refractivity contribution in [2.45, 2.75) is 23.4 Å². The van der Waals surface area contributed by atoms with Crippen LogP contribution in [0.25, 0.3) is 10.9 Å². The SMILES string of the molecule is CSc1nc2n(n1)C(=O)c1c(c3ccccc3n1C)C2(Cc1ccccc1)Cc1ccccc1. The third-order valence-electron chi connectivity index (χ3n) is 6.88. The number of hydrogen-bond acceptors (Lipinski definition) is 4. The first-order valence-corrected chi connectivity index (χ1v) is 12.6. The Bertz CT molecular complexity index is 1480. The molecule has 0 aliphatic carbocycles. The zero-order valence-corrected chi connectivity index (χ0v) is 19.9. The number of thioether (sulfide) groups is 1. The molecule has 1 aliphatic heterocycles. The molecular weight excluding hydrogens is 440 g/mol. The van der Waals surface area contributed by atoms with E-state index in [-0.39, 0.29) is 5.91 Å². The Balaban J connectivity index is 1.73. The summed E-state index contributed by atoms with van der Waals surface area (Å²) in [6, 6.07) is 29.3. The summed E-state index contributed by atoms with van der Waals surface area (Å²) in [5.74, 6) is 0.603. The van der Waals surface area contributed by atoms with Gasteiger partial charge in [0.2, 0.25) is 5.16 Å². The van der Waals surface area contributed by atoms with E-state index in [4.69, 9.17) is 4.98 Å². The second-order valence-electron chi connectivity index (χ2n) is 8.85. The highest BCUT2D eigenvalue weighted by Crippen LogP contribution is 2.47. The number of para-hydroxylation sites is 1. The lowest BCUT2D eigenvalue weighted by molar-refractivity contribution is 0.0913. The lowest BCUT2D eigenvalue weighted by Crippen LogP contribution is -2.43. The van der Waals surface area contributed by atoms with Crippen molar-refractivity contribution < 1.29 is 4.79 Å². The quantitative estimate of drug-likeness (QED) is 0.333. The zero-order chi connectivity index (χ0) is 23.3. The van der Waals surface area contributed by atoms with E-state index in [9.17, 15) is 4.79 Å². The van der Waals surface area contributed by atoms with Crippen LogP contribution in [-0.2, 0) is 25.3 Å². The van der Waals surface area contributed by atoms with Crippen molar-refractivity contribution in [3.8, 4) is 0 Å². The van der Waals surface area contributed by atoms with Gasteiger partial charge in [-0.15, -0.1) is 5.10 Å². The van der Waals surface area contributed by atoms with Crippen LogP contribution < -0.4 is 0 Å². The summed E-state index contributed by atoms with van der Waals surface area (Å²) in [5, 5.41) is 6.36. The van der Waals surface area contributed by atoms with Gasteiger partial charge in [-0.25, -0.2) is 4.98 Å². The predicted octanol–water partition coefficient (Wildman–Crippen LogP) is 5.27. The van der Waals surface area contributed by atoms with E-state index in [0.717, 1.165) is 22.3 Å². The van der Waals surface area contributed by atoms with Gasteiger partial charge in [-0.3, -0.25) is 4.79 Å². The Morgan fingerprint density at radius 3 is 2.06 bits per heavy atom. The highest BCUT2D eigenvalue weighted by molar-refractivity contribution is 7.98. The Hall–Kier alpha value is -3.64. The van der Waals surface area contributed by atoms with Crippen LogP contribution in [0.1, 0.15) is 33.0 Å².